The molecule has 0 saturated heterocycles. The van der Waals surface area contributed by atoms with E-state index in [1.54, 1.807) is 30.5 Å². The van der Waals surface area contributed by atoms with Crippen LogP contribution in [0.15, 0.2) is 42.7 Å². The molecule has 1 aliphatic rings. The molecule has 1 aromatic carbocycles. The predicted molar refractivity (Wildman–Crippen MR) is 109 cm³/mol. The summed E-state index contributed by atoms with van der Waals surface area (Å²) in [5.74, 6) is -0.0782. The Balaban J connectivity index is 1.91. The number of rotatable bonds is 2. The lowest BCUT2D eigenvalue weighted by molar-refractivity contribution is 0.0995. The topological polar surface area (TPSA) is 119 Å². The van der Waals surface area contributed by atoms with Crippen molar-refractivity contribution in [1.29, 1.82) is 0 Å². The van der Waals surface area contributed by atoms with E-state index in [-0.39, 0.29) is 22.5 Å². The van der Waals surface area contributed by atoms with Gasteiger partial charge in [-0.05, 0) is 29.8 Å². The third-order valence-electron chi connectivity index (χ3n) is 5.12. The number of hydrogen-bond acceptors (Lipinski definition) is 6. The van der Waals surface area contributed by atoms with E-state index >= 15 is 0 Å². The van der Waals surface area contributed by atoms with Gasteiger partial charge in [0.25, 0.3) is 5.91 Å². The number of nitrogens with two attached hydrogens (primary N) is 1. The average Bonchev–Trinajstić information content (AvgIpc) is 2.96. The molecule has 9 heteroatoms. The molecule has 1 aliphatic heterocycles. The van der Waals surface area contributed by atoms with Gasteiger partial charge >= 0.3 is 0 Å². The molecule has 3 aromatic heterocycles. The summed E-state index contributed by atoms with van der Waals surface area (Å²) in [6.07, 6.45) is 3.59. The fourth-order valence-electron chi connectivity index (χ4n) is 3.84. The van der Waals surface area contributed by atoms with Gasteiger partial charge in [0, 0.05) is 41.5 Å². The molecule has 4 heterocycles. The zero-order valence-electron chi connectivity index (χ0n) is 15.2. The smallest absolute Gasteiger partial charge is 0.269 e. The summed E-state index contributed by atoms with van der Waals surface area (Å²) in [5.41, 5.74) is 9.32. The van der Waals surface area contributed by atoms with Crippen LogP contribution in [0.25, 0.3) is 22.2 Å². The Bertz CT molecular complexity index is 1320. The number of anilines is 1. The molecule has 1 atom stereocenters. The number of phenolic OH excluding ortho intramolecular Hbond substituents is 1. The molecule has 1 amide bonds. The lowest BCUT2D eigenvalue weighted by atomic mass is 9.96. The Morgan fingerprint density at radius 2 is 2.14 bits per heavy atom. The summed E-state index contributed by atoms with van der Waals surface area (Å²) in [5, 5.41) is 22.6. The number of fused-ring (bicyclic) bond motifs is 2. The molecule has 4 aromatic rings. The number of benzene rings is 1. The van der Waals surface area contributed by atoms with Gasteiger partial charge in [0.15, 0.2) is 11.3 Å². The van der Waals surface area contributed by atoms with E-state index < -0.39 is 5.91 Å². The maximum absolute atomic E-state index is 12.1. The van der Waals surface area contributed by atoms with Crippen molar-refractivity contribution in [1.82, 2.24) is 19.7 Å². The molecule has 0 saturated carbocycles. The maximum atomic E-state index is 12.1. The lowest BCUT2D eigenvalue weighted by Crippen LogP contribution is -2.16. The second kappa shape index (κ2) is 6.18. The summed E-state index contributed by atoms with van der Waals surface area (Å²) in [4.78, 5) is 16.6. The van der Waals surface area contributed by atoms with Crippen LogP contribution in [0, 0.1) is 0 Å². The summed E-state index contributed by atoms with van der Waals surface area (Å²) in [6.45, 7) is 0. The highest BCUT2D eigenvalue weighted by molar-refractivity contribution is 6.32. The van der Waals surface area contributed by atoms with Gasteiger partial charge in [-0.2, -0.15) is 0 Å². The van der Waals surface area contributed by atoms with Gasteiger partial charge in [0.2, 0.25) is 0 Å². The van der Waals surface area contributed by atoms with E-state index in [0.717, 1.165) is 16.5 Å². The third-order valence-corrected chi connectivity index (χ3v) is 5.42. The van der Waals surface area contributed by atoms with Crippen molar-refractivity contribution in [2.75, 3.05) is 5.32 Å². The number of carbonyl (C=O) groups is 1. The Labute approximate surface area is 170 Å². The standard InChI is InChI=1S/C20H15ClN6O2/c1-27-8-11-15-14(17(18(22)29)25-26-20(15)27)10-3-2-6-23-19(10)24-16(11)9-4-5-13(28)12(21)7-9/h2-8,16,28H,1H3,(H2,22,29)(H,23,24). The van der Waals surface area contributed by atoms with Gasteiger partial charge in [0.05, 0.1) is 11.1 Å². The Morgan fingerprint density at radius 1 is 1.31 bits per heavy atom. The molecular weight excluding hydrogens is 392 g/mol. The number of amides is 1. The molecule has 5 rings (SSSR count). The first kappa shape index (κ1) is 17.4. The first-order valence-corrected chi connectivity index (χ1v) is 9.19. The first-order valence-electron chi connectivity index (χ1n) is 8.81. The molecule has 0 aliphatic carbocycles. The lowest BCUT2D eigenvalue weighted by Gasteiger charge is -2.19. The highest BCUT2D eigenvalue weighted by Gasteiger charge is 2.31. The molecule has 0 spiro atoms. The maximum Gasteiger partial charge on any atom is 0.269 e. The number of carbonyl (C=O) groups excluding carboxylic acids is 1. The van der Waals surface area contributed by atoms with Crippen LogP contribution in [-0.4, -0.2) is 30.8 Å². The third kappa shape index (κ3) is 2.53. The number of pyridine rings is 1. The van der Waals surface area contributed by atoms with E-state index in [2.05, 4.69) is 20.5 Å². The summed E-state index contributed by atoms with van der Waals surface area (Å²) in [7, 11) is 1.86. The van der Waals surface area contributed by atoms with Crippen LogP contribution in [0.3, 0.4) is 0 Å². The van der Waals surface area contributed by atoms with Crippen LogP contribution in [0.1, 0.15) is 27.7 Å². The normalized spacial score (nSPS) is 14.9. The fourth-order valence-corrected chi connectivity index (χ4v) is 4.03. The van der Waals surface area contributed by atoms with Crippen LogP contribution < -0.4 is 11.1 Å². The molecule has 8 nitrogen and oxygen atoms in total. The van der Waals surface area contributed by atoms with Crippen molar-refractivity contribution in [3.05, 3.63) is 64.6 Å². The van der Waals surface area contributed by atoms with Crippen molar-refractivity contribution >= 4 is 34.4 Å². The number of aromatic nitrogens is 4. The van der Waals surface area contributed by atoms with Crippen LogP contribution in [0.4, 0.5) is 5.82 Å². The highest BCUT2D eigenvalue weighted by atomic mass is 35.5. The van der Waals surface area contributed by atoms with Crippen molar-refractivity contribution < 1.29 is 9.90 Å². The molecule has 29 heavy (non-hydrogen) atoms. The average molecular weight is 407 g/mol. The van der Waals surface area contributed by atoms with Gasteiger partial charge in [-0.25, -0.2) is 4.98 Å². The van der Waals surface area contributed by atoms with Crippen molar-refractivity contribution in [3.63, 3.8) is 0 Å². The molecule has 0 fully saturated rings. The number of hydrogen-bond donors (Lipinski definition) is 3. The van der Waals surface area contributed by atoms with Crippen LogP contribution >= 0.6 is 11.6 Å². The van der Waals surface area contributed by atoms with Crippen molar-refractivity contribution in [2.24, 2.45) is 12.8 Å². The van der Waals surface area contributed by atoms with E-state index in [4.69, 9.17) is 17.3 Å². The molecule has 144 valence electrons. The monoisotopic (exact) mass is 406 g/mol. The number of phenols is 1. The minimum atomic E-state index is -0.662. The van der Waals surface area contributed by atoms with Gasteiger partial charge in [-0.15, -0.1) is 10.2 Å². The summed E-state index contributed by atoms with van der Waals surface area (Å²) < 4.78 is 1.85. The zero-order valence-corrected chi connectivity index (χ0v) is 16.0. The fraction of sp³-hybridized carbons (Fsp3) is 0.100. The van der Waals surface area contributed by atoms with E-state index in [9.17, 15) is 9.90 Å². The second-order valence-corrected chi connectivity index (χ2v) is 7.28. The SMILES string of the molecule is Cn1cc2c3c(c(C(N)=O)nnc31)-c1cccnc1NC2c1ccc(O)c(Cl)c1. The quantitative estimate of drug-likeness (QED) is 0.470. The summed E-state index contributed by atoms with van der Waals surface area (Å²) in [6, 6.07) is 8.33. The van der Waals surface area contributed by atoms with Crippen LogP contribution in [-0.2, 0) is 7.05 Å². The van der Waals surface area contributed by atoms with E-state index in [1.807, 2.05) is 23.9 Å². The number of primary amides is 1. The van der Waals surface area contributed by atoms with E-state index in [0.29, 0.717) is 22.6 Å². The van der Waals surface area contributed by atoms with Crippen LogP contribution in [0.2, 0.25) is 5.02 Å². The molecule has 4 N–H and O–H groups in total. The second-order valence-electron chi connectivity index (χ2n) is 6.87. The van der Waals surface area contributed by atoms with Crippen molar-refractivity contribution in [2.45, 2.75) is 6.04 Å². The number of nitrogens with zero attached hydrogens (tertiary/aromatic N) is 4. The number of aryl methyl sites for hydroxylation is 1. The largest absolute Gasteiger partial charge is 0.506 e. The van der Waals surface area contributed by atoms with Gasteiger partial charge in [-0.3, -0.25) is 4.79 Å². The Hall–Kier alpha value is -3.65. The first-order chi connectivity index (χ1) is 14.0. The zero-order chi connectivity index (χ0) is 20.3. The molecule has 1 unspecified atom stereocenters. The molecular formula is C20H15ClN6O2. The van der Waals surface area contributed by atoms with Crippen molar-refractivity contribution in [3.8, 4) is 16.9 Å². The Kier molecular flexibility index (Phi) is 3.72. The van der Waals surface area contributed by atoms with Gasteiger partial charge < -0.3 is 20.7 Å². The molecule has 0 bridgehead atoms. The number of halogens is 1. The minimum absolute atomic E-state index is 0.00283. The van der Waals surface area contributed by atoms with Gasteiger partial charge in [0.1, 0.15) is 11.6 Å². The van der Waals surface area contributed by atoms with E-state index in [1.165, 1.54) is 0 Å². The minimum Gasteiger partial charge on any atom is -0.506 e. The van der Waals surface area contributed by atoms with Crippen LogP contribution in [0.5, 0.6) is 5.75 Å². The number of aromatic hydroxyl groups is 1. The Morgan fingerprint density at radius 3 is 2.90 bits per heavy atom. The summed E-state index contributed by atoms with van der Waals surface area (Å²) >= 11 is 6.17. The molecule has 0 radical (unpaired) electrons. The van der Waals surface area contributed by atoms with Gasteiger partial charge in [-0.1, -0.05) is 17.7 Å². The number of nitrogens with one attached hydrogen (secondary N) is 1. The predicted octanol–water partition coefficient (Wildman–Crippen LogP) is 3.00. The highest BCUT2D eigenvalue weighted by Crippen LogP contribution is 2.44.